The van der Waals surface area contributed by atoms with E-state index < -0.39 is 25.5 Å². The molecule has 1 aromatic rings. The van der Waals surface area contributed by atoms with Gasteiger partial charge >= 0.3 is 19.4 Å². The maximum Gasteiger partial charge on any atom is 0.386 e. The third-order valence-corrected chi connectivity index (χ3v) is 2.67. The molecule has 2 atom stereocenters. The second kappa shape index (κ2) is 5.57. The number of hydrogen-bond donors (Lipinski definition) is 3. The normalized spacial score (nSPS) is 15.3. The Morgan fingerprint density at radius 3 is 2.78 bits per heavy atom. The molecule has 0 radical (unpaired) electrons. The van der Waals surface area contributed by atoms with Crippen molar-refractivity contribution in [1.29, 1.82) is 0 Å². The zero-order valence-electron chi connectivity index (χ0n) is 9.43. The third kappa shape index (κ3) is 3.88. The van der Waals surface area contributed by atoms with Crippen LogP contribution in [0.5, 0.6) is 0 Å². The molecule has 0 spiro atoms. The van der Waals surface area contributed by atoms with E-state index in [0.29, 0.717) is 0 Å². The van der Waals surface area contributed by atoms with Crippen LogP contribution in [0.25, 0.3) is 0 Å². The van der Waals surface area contributed by atoms with Crippen LogP contribution in [-0.2, 0) is 15.8 Å². The van der Waals surface area contributed by atoms with Crippen LogP contribution in [0, 0.1) is 0 Å². The van der Waals surface area contributed by atoms with Crippen LogP contribution in [0.4, 0.5) is 10.2 Å². The first-order valence-electron chi connectivity index (χ1n) is 4.88. The molecular weight excluding hydrogens is 268 g/mol. The molecule has 0 aliphatic rings. The van der Waals surface area contributed by atoms with Crippen molar-refractivity contribution in [2.75, 3.05) is 5.73 Å². The second-order valence-electron chi connectivity index (χ2n) is 3.59. The molecule has 10 heteroatoms. The molecule has 0 amide bonds. The fourth-order valence-electron chi connectivity index (χ4n) is 1.20. The molecule has 0 saturated carbocycles. The van der Waals surface area contributed by atoms with Gasteiger partial charge in [0.05, 0.1) is 12.6 Å². The number of anilines is 1. The van der Waals surface area contributed by atoms with Gasteiger partial charge in [-0.2, -0.15) is 0 Å². The lowest BCUT2D eigenvalue weighted by atomic mass is 10.4. The highest BCUT2D eigenvalue weighted by Gasteiger charge is 2.31. The molecule has 8 nitrogen and oxygen atoms in total. The molecule has 0 saturated heterocycles. The highest BCUT2D eigenvalue weighted by molar-refractivity contribution is 7.52. The number of halogens is 1. The van der Waals surface area contributed by atoms with Crippen molar-refractivity contribution in [3.8, 4) is 0 Å². The Kier molecular flexibility index (Phi) is 4.58. The Bertz CT molecular complexity index is 516. The van der Waals surface area contributed by atoms with Gasteiger partial charge in [0.25, 0.3) is 0 Å². The van der Waals surface area contributed by atoms with E-state index in [9.17, 15) is 13.8 Å². The molecule has 0 aliphatic heterocycles. The summed E-state index contributed by atoms with van der Waals surface area (Å²) in [6.45, 7) is 1.18. The van der Waals surface area contributed by atoms with Gasteiger partial charge in [-0.3, -0.25) is 9.13 Å². The lowest BCUT2D eigenvalue weighted by molar-refractivity contribution is -0.0468. The van der Waals surface area contributed by atoms with Crippen molar-refractivity contribution in [1.82, 2.24) is 9.55 Å². The Morgan fingerprint density at radius 1 is 1.67 bits per heavy atom. The SMILES string of the molecule is CC(Cn1c(N)ccnc1=O)O[C@@H](F)P(=O)(O)O. The van der Waals surface area contributed by atoms with E-state index in [1.165, 1.54) is 19.2 Å². The van der Waals surface area contributed by atoms with Crippen molar-refractivity contribution < 1.29 is 23.5 Å². The van der Waals surface area contributed by atoms with Crippen LogP contribution in [0.15, 0.2) is 17.1 Å². The molecule has 0 aliphatic carbocycles. The summed E-state index contributed by atoms with van der Waals surface area (Å²) in [6.07, 6.45) is -2.48. The molecule has 0 fully saturated rings. The van der Waals surface area contributed by atoms with Crippen LogP contribution in [0.3, 0.4) is 0 Å². The first kappa shape index (κ1) is 14.8. The Morgan fingerprint density at radius 2 is 2.28 bits per heavy atom. The molecule has 1 rings (SSSR count). The first-order valence-corrected chi connectivity index (χ1v) is 6.56. The lowest BCUT2D eigenvalue weighted by Crippen LogP contribution is -2.31. The summed E-state index contributed by atoms with van der Waals surface area (Å²) in [5, 5.41) is 0. The van der Waals surface area contributed by atoms with Crippen molar-refractivity contribution in [3.63, 3.8) is 0 Å². The van der Waals surface area contributed by atoms with Crippen LogP contribution < -0.4 is 11.4 Å². The fraction of sp³-hybridized carbons (Fsp3) is 0.500. The minimum Gasteiger partial charge on any atom is -0.385 e. The summed E-state index contributed by atoms with van der Waals surface area (Å²) in [5.41, 5.74) is 4.85. The average molecular weight is 281 g/mol. The summed E-state index contributed by atoms with van der Waals surface area (Å²) in [6, 6.07) is 1.37. The molecule has 102 valence electrons. The molecule has 4 N–H and O–H groups in total. The Hall–Kier alpha value is -1.28. The highest BCUT2D eigenvalue weighted by atomic mass is 31.2. The van der Waals surface area contributed by atoms with E-state index >= 15 is 0 Å². The minimum atomic E-state index is -4.96. The highest BCUT2D eigenvalue weighted by Crippen LogP contribution is 2.43. The topological polar surface area (TPSA) is 128 Å². The number of alkyl halides is 1. The molecular formula is C8H13FN3O5P. The molecule has 1 aromatic heterocycles. The van der Waals surface area contributed by atoms with Crippen LogP contribution in [0.1, 0.15) is 6.92 Å². The smallest absolute Gasteiger partial charge is 0.385 e. The Balaban J connectivity index is 2.74. The molecule has 1 unspecified atom stereocenters. The summed E-state index contributed by atoms with van der Waals surface area (Å²) >= 11 is 0. The number of nitrogen functional groups attached to an aromatic ring is 1. The minimum absolute atomic E-state index is 0.0945. The largest absolute Gasteiger partial charge is 0.386 e. The van der Waals surface area contributed by atoms with E-state index in [0.717, 1.165) is 4.57 Å². The third-order valence-electron chi connectivity index (χ3n) is 2.02. The number of nitrogens with two attached hydrogens (primary N) is 1. The van der Waals surface area contributed by atoms with Crippen LogP contribution in [-0.4, -0.2) is 31.5 Å². The summed E-state index contributed by atoms with van der Waals surface area (Å²) in [5.74, 6) is 0.0945. The van der Waals surface area contributed by atoms with Crippen LogP contribution >= 0.6 is 7.60 Å². The predicted octanol–water partition coefficient (Wildman–Crippen LogP) is -0.339. The predicted molar refractivity (Wildman–Crippen MR) is 60.4 cm³/mol. The quantitative estimate of drug-likeness (QED) is 0.630. The average Bonchev–Trinajstić information content (AvgIpc) is 2.22. The van der Waals surface area contributed by atoms with E-state index in [-0.39, 0.29) is 12.4 Å². The number of ether oxygens (including phenoxy) is 1. The monoisotopic (exact) mass is 281 g/mol. The lowest BCUT2D eigenvalue weighted by Gasteiger charge is -2.18. The van der Waals surface area contributed by atoms with Gasteiger partial charge in [-0.15, -0.1) is 0 Å². The summed E-state index contributed by atoms with van der Waals surface area (Å²) in [4.78, 5) is 31.8. The van der Waals surface area contributed by atoms with E-state index in [4.69, 9.17) is 15.5 Å². The van der Waals surface area contributed by atoms with E-state index in [1.54, 1.807) is 0 Å². The van der Waals surface area contributed by atoms with Gasteiger partial charge in [0.1, 0.15) is 5.82 Å². The van der Waals surface area contributed by atoms with Crippen molar-refractivity contribution in [3.05, 3.63) is 22.7 Å². The van der Waals surface area contributed by atoms with Crippen molar-refractivity contribution in [2.45, 2.75) is 25.7 Å². The van der Waals surface area contributed by atoms with Gasteiger partial charge in [-0.25, -0.2) is 14.2 Å². The summed E-state index contributed by atoms with van der Waals surface area (Å²) < 4.78 is 29.0. The van der Waals surface area contributed by atoms with Gasteiger partial charge in [0.2, 0.25) is 0 Å². The zero-order valence-corrected chi connectivity index (χ0v) is 10.3. The van der Waals surface area contributed by atoms with Crippen LogP contribution in [0.2, 0.25) is 0 Å². The van der Waals surface area contributed by atoms with Gasteiger partial charge in [0.15, 0.2) is 0 Å². The van der Waals surface area contributed by atoms with Gasteiger partial charge in [-0.1, -0.05) is 0 Å². The number of aromatic nitrogens is 2. The Labute approximate surface area is 101 Å². The maximum atomic E-state index is 12.9. The summed E-state index contributed by atoms with van der Waals surface area (Å²) in [7, 11) is -4.96. The molecule has 1 heterocycles. The fourth-order valence-corrected chi connectivity index (χ4v) is 1.57. The second-order valence-corrected chi connectivity index (χ2v) is 5.17. The first-order chi connectivity index (χ1) is 8.21. The zero-order chi connectivity index (χ0) is 13.9. The van der Waals surface area contributed by atoms with E-state index in [2.05, 4.69) is 9.72 Å². The van der Waals surface area contributed by atoms with E-state index in [1.807, 2.05) is 0 Å². The van der Waals surface area contributed by atoms with Gasteiger partial charge in [-0.05, 0) is 13.0 Å². The maximum absolute atomic E-state index is 12.9. The standard InChI is InChI=1S/C8H13FN3O5P/c1-5(17-7(9)18(14,15)16)4-12-6(10)2-3-11-8(12)13/h2-3,5,7H,4,10H2,1H3,(H2,14,15,16)/t5?,7-/m1/s1. The number of rotatable bonds is 5. The number of nitrogens with zero attached hydrogens (tertiary/aromatic N) is 2. The van der Waals surface area contributed by atoms with Crippen molar-refractivity contribution in [2.24, 2.45) is 0 Å². The molecule has 0 bridgehead atoms. The molecule has 18 heavy (non-hydrogen) atoms. The van der Waals surface area contributed by atoms with Crippen molar-refractivity contribution >= 4 is 13.4 Å². The molecule has 0 aromatic carbocycles. The number of hydrogen-bond acceptors (Lipinski definition) is 5. The van der Waals surface area contributed by atoms with Gasteiger partial charge in [0, 0.05) is 6.20 Å². The van der Waals surface area contributed by atoms with Gasteiger partial charge < -0.3 is 20.3 Å².